The van der Waals surface area contributed by atoms with Gasteiger partial charge in [-0.15, -0.1) is 0 Å². The third kappa shape index (κ3) is 4.33. The van der Waals surface area contributed by atoms with E-state index in [4.69, 9.17) is 5.73 Å². The van der Waals surface area contributed by atoms with E-state index >= 15 is 0 Å². The molecule has 0 saturated heterocycles. The largest absolute Gasteiger partial charge is 0.370 e. The van der Waals surface area contributed by atoms with Gasteiger partial charge in [-0.05, 0) is 25.0 Å². The average Bonchev–Trinajstić information content (AvgIpc) is 2.38. The molecule has 1 heterocycles. The van der Waals surface area contributed by atoms with Crippen LogP contribution in [0.5, 0.6) is 0 Å². The van der Waals surface area contributed by atoms with Gasteiger partial charge in [0.1, 0.15) is 5.82 Å². The van der Waals surface area contributed by atoms with Gasteiger partial charge in [0.05, 0.1) is 5.56 Å². The van der Waals surface area contributed by atoms with E-state index in [1.165, 1.54) is 4.90 Å². The molecule has 5 heteroatoms. The maximum Gasteiger partial charge on any atom is 0.254 e. The summed E-state index contributed by atoms with van der Waals surface area (Å²) in [7, 11) is 3.45. The lowest BCUT2D eigenvalue weighted by Gasteiger charge is -2.12. The fourth-order valence-corrected chi connectivity index (χ4v) is 1.47. The van der Waals surface area contributed by atoms with Crippen LogP contribution in [-0.2, 0) is 0 Å². The lowest BCUT2D eigenvalue weighted by molar-refractivity contribution is 0.0827. The Hall–Kier alpha value is -1.62. The molecule has 0 aliphatic rings. The van der Waals surface area contributed by atoms with E-state index in [1.807, 2.05) is 6.07 Å². The van der Waals surface area contributed by atoms with Crippen LogP contribution in [0.4, 0.5) is 5.82 Å². The highest BCUT2D eigenvalue weighted by atomic mass is 16.2. The topological polar surface area (TPSA) is 71.2 Å². The summed E-state index contributed by atoms with van der Waals surface area (Å²) in [6.07, 6.45) is 3.48. The molecule has 0 aliphatic heterocycles. The van der Waals surface area contributed by atoms with Gasteiger partial charge in [0.25, 0.3) is 5.91 Å². The first-order valence-corrected chi connectivity index (χ1v) is 6.21. The van der Waals surface area contributed by atoms with E-state index in [1.54, 1.807) is 26.4 Å². The SMILES string of the molecule is CCC(N)CCNc1ccc(C(=O)N(C)C)cn1. The van der Waals surface area contributed by atoms with Gasteiger partial charge >= 0.3 is 0 Å². The van der Waals surface area contributed by atoms with Crippen LogP contribution < -0.4 is 11.1 Å². The number of nitrogens with two attached hydrogens (primary N) is 1. The summed E-state index contributed by atoms with van der Waals surface area (Å²) >= 11 is 0. The fourth-order valence-electron chi connectivity index (χ4n) is 1.47. The zero-order valence-corrected chi connectivity index (χ0v) is 11.3. The molecule has 0 fully saturated rings. The second kappa shape index (κ2) is 6.96. The number of hydrogen-bond acceptors (Lipinski definition) is 4. The molecule has 1 rings (SSSR count). The summed E-state index contributed by atoms with van der Waals surface area (Å²) in [5.41, 5.74) is 6.42. The Balaban J connectivity index is 2.48. The molecule has 1 amide bonds. The van der Waals surface area contributed by atoms with Gasteiger partial charge in [-0.25, -0.2) is 4.98 Å². The summed E-state index contributed by atoms with van der Waals surface area (Å²) < 4.78 is 0. The van der Waals surface area contributed by atoms with Crippen molar-refractivity contribution >= 4 is 11.7 Å². The Morgan fingerprint density at radius 2 is 2.22 bits per heavy atom. The van der Waals surface area contributed by atoms with Gasteiger partial charge in [-0.2, -0.15) is 0 Å². The van der Waals surface area contributed by atoms with Crippen LogP contribution in [0.1, 0.15) is 30.1 Å². The molecule has 0 aromatic carbocycles. The van der Waals surface area contributed by atoms with Gasteiger partial charge < -0.3 is 16.0 Å². The molecule has 5 nitrogen and oxygen atoms in total. The summed E-state index contributed by atoms with van der Waals surface area (Å²) in [6, 6.07) is 3.82. The van der Waals surface area contributed by atoms with E-state index in [9.17, 15) is 4.79 Å². The molecule has 0 aliphatic carbocycles. The van der Waals surface area contributed by atoms with Crippen molar-refractivity contribution in [2.24, 2.45) is 5.73 Å². The van der Waals surface area contributed by atoms with Crippen LogP contribution in [0.3, 0.4) is 0 Å². The van der Waals surface area contributed by atoms with Crippen LogP contribution in [-0.4, -0.2) is 42.5 Å². The van der Waals surface area contributed by atoms with Crippen LogP contribution in [0.15, 0.2) is 18.3 Å². The second-order valence-corrected chi connectivity index (χ2v) is 4.52. The zero-order valence-electron chi connectivity index (χ0n) is 11.3. The molecular formula is C13H22N4O. The predicted octanol–water partition coefficient (Wildman–Crippen LogP) is 1.32. The lowest BCUT2D eigenvalue weighted by atomic mass is 10.2. The normalized spacial score (nSPS) is 12.0. The first kappa shape index (κ1) is 14.4. The number of nitrogens with zero attached hydrogens (tertiary/aromatic N) is 2. The van der Waals surface area contributed by atoms with E-state index in [0.717, 1.165) is 25.2 Å². The van der Waals surface area contributed by atoms with Crippen LogP contribution >= 0.6 is 0 Å². The summed E-state index contributed by atoms with van der Waals surface area (Å²) in [5, 5.41) is 3.19. The summed E-state index contributed by atoms with van der Waals surface area (Å²) in [6.45, 7) is 2.87. The average molecular weight is 250 g/mol. The molecule has 100 valence electrons. The van der Waals surface area contributed by atoms with Crippen molar-refractivity contribution in [1.82, 2.24) is 9.88 Å². The molecule has 1 unspecified atom stereocenters. The van der Waals surface area contributed by atoms with Gasteiger partial charge in [0, 0.05) is 32.9 Å². The number of pyridine rings is 1. The molecule has 0 bridgehead atoms. The maximum absolute atomic E-state index is 11.6. The van der Waals surface area contributed by atoms with Crippen molar-refractivity contribution in [3.05, 3.63) is 23.9 Å². The van der Waals surface area contributed by atoms with Crippen molar-refractivity contribution in [2.45, 2.75) is 25.8 Å². The predicted molar refractivity (Wildman–Crippen MR) is 73.6 cm³/mol. The number of carbonyl (C=O) groups excluding carboxylic acids is 1. The number of aromatic nitrogens is 1. The molecule has 0 radical (unpaired) electrons. The Morgan fingerprint density at radius 1 is 1.50 bits per heavy atom. The van der Waals surface area contributed by atoms with Crippen molar-refractivity contribution in [3.8, 4) is 0 Å². The Morgan fingerprint density at radius 3 is 2.72 bits per heavy atom. The van der Waals surface area contributed by atoms with E-state index in [-0.39, 0.29) is 11.9 Å². The van der Waals surface area contributed by atoms with E-state index in [0.29, 0.717) is 5.56 Å². The van der Waals surface area contributed by atoms with Crippen LogP contribution in [0, 0.1) is 0 Å². The third-order valence-corrected chi connectivity index (χ3v) is 2.76. The lowest BCUT2D eigenvalue weighted by Crippen LogP contribution is -2.23. The number of hydrogen-bond donors (Lipinski definition) is 2. The number of rotatable bonds is 6. The smallest absolute Gasteiger partial charge is 0.254 e. The summed E-state index contributed by atoms with van der Waals surface area (Å²) in [4.78, 5) is 17.4. The van der Waals surface area contributed by atoms with Crippen molar-refractivity contribution in [3.63, 3.8) is 0 Å². The molecule has 18 heavy (non-hydrogen) atoms. The number of anilines is 1. The number of carbonyl (C=O) groups is 1. The zero-order chi connectivity index (χ0) is 13.5. The van der Waals surface area contributed by atoms with E-state index < -0.39 is 0 Å². The molecule has 1 aromatic rings. The molecule has 1 aromatic heterocycles. The first-order chi connectivity index (χ1) is 8.54. The van der Waals surface area contributed by atoms with Crippen LogP contribution in [0.25, 0.3) is 0 Å². The molecule has 1 atom stereocenters. The summed E-state index contributed by atoms with van der Waals surface area (Å²) in [5.74, 6) is 0.732. The minimum Gasteiger partial charge on any atom is -0.370 e. The Kier molecular flexibility index (Phi) is 5.58. The highest BCUT2D eigenvalue weighted by molar-refractivity contribution is 5.93. The second-order valence-electron chi connectivity index (χ2n) is 4.52. The van der Waals surface area contributed by atoms with Gasteiger partial charge in [0.15, 0.2) is 0 Å². The van der Waals surface area contributed by atoms with Gasteiger partial charge in [0.2, 0.25) is 0 Å². The van der Waals surface area contributed by atoms with Gasteiger partial charge in [-0.3, -0.25) is 4.79 Å². The van der Waals surface area contributed by atoms with E-state index in [2.05, 4.69) is 17.2 Å². The van der Waals surface area contributed by atoms with Crippen LogP contribution in [0.2, 0.25) is 0 Å². The molecular weight excluding hydrogens is 228 g/mol. The third-order valence-electron chi connectivity index (χ3n) is 2.76. The highest BCUT2D eigenvalue weighted by Crippen LogP contribution is 2.07. The quantitative estimate of drug-likeness (QED) is 0.799. The minimum absolute atomic E-state index is 0.0398. The maximum atomic E-state index is 11.6. The molecule has 0 spiro atoms. The Labute approximate surface area is 108 Å². The van der Waals surface area contributed by atoms with Gasteiger partial charge in [-0.1, -0.05) is 6.92 Å². The standard InChI is InChI=1S/C13H22N4O/c1-4-11(14)7-8-15-12-6-5-10(9-16-12)13(18)17(2)3/h5-6,9,11H,4,7-8,14H2,1-3H3,(H,15,16). The first-order valence-electron chi connectivity index (χ1n) is 6.21. The van der Waals surface area contributed by atoms with Crippen molar-refractivity contribution < 1.29 is 4.79 Å². The highest BCUT2D eigenvalue weighted by Gasteiger charge is 2.07. The minimum atomic E-state index is -0.0398. The van der Waals surface area contributed by atoms with Crippen molar-refractivity contribution in [2.75, 3.05) is 26.0 Å². The number of nitrogens with one attached hydrogen (secondary N) is 1. The molecule has 0 saturated carbocycles. The molecule has 3 N–H and O–H groups in total. The Bertz CT molecular complexity index is 375. The van der Waals surface area contributed by atoms with Crippen molar-refractivity contribution in [1.29, 1.82) is 0 Å². The monoisotopic (exact) mass is 250 g/mol. The fraction of sp³-hybridized carbons (Fsp3) is 0.538. The number of amides is 1.